The fraction of sp³-hybridized carbons (Fsp3) is 0.817. The number of rotatable bonds is 52. The van der Waals surface area contributed by atoms with Crippen molar-refractivity contribution in [2.45, 2.75) is 303 Å². The first-order chi connectivity index (χ1) is 32.5. The first-order valence-corrected chi connectivity index (χ1v) is 28.6. The summed E-state index contributed by atoms with van der Waals surface area (Å²) in [6.07, 6.45) is 66.8. The van der Waals surface area contributed by atoms with E-state index in [0.717, 1.165) is 70.6 Å². The lowest BCUT2D eigenvalue weighted by Crippen LogP contribution is -2.30. The van der Waals surface area contributed by atoms with Crippen LogP contribution in [0.25, 0.3) is 0 Å². The Kier molecular flexibility index (Phi) is 52.8. The Labute approximate surface area is 409 Å². The van der Waals surface area contributed by atoms with E-state index in [9.17, 15) is 14.4 Å². The number of carbonyl (C=O) groups excluding carboxylic acids is 3. The molecule has 0 aromatic carbocycles. The van der Waals surface area contributed by atoms with E-state index >= 15 is 0 Å². The fourth-order valence-corrected chi connectivity index (χ4v) is 8.22. The zero-order valence-electron chi connectivity index (χ0n) is 44.0. The molecule has 0 fully saturated rings. The van der Waals surface area contributed by atoms with Gasteiger partial charge in [-0.15, -0.1) is 0 Å². The number of hydrogen-bond acceptors (Lipinski definition) is 6. The number of ether oxygens (including phenoxy) is 3. The second-order valence-electron chi connectivity index (χ2n) is 19.2. The summed E-state index contributed by atoms with van der Waals surface area (Å²) in [7, 11) is 0. The molecular formula is C60H108O6. The van der Waals surface area contributed by atoms with Crippen molar-refractivity contribution in [1.29, 1.82) is 0 Å². The van der Waals surface area contributed by atoms with Gasteiger partial charge in [0.05, 0.1) is 0 Å². The maximum atomic E-state index is 12.8. The van der Waals surface area contributed by atoms with Crippen LogP contribution in [-0.4, -0.2) is 37.2 Å². The lowest BCUT2D eigenvalue weighted by atomic mass is 10.0. The Morgan fingerprint density at radius 3 is 0.924 bits per heavy atom. The quantitative estimate of drug-likeness (QED) is 0.0262. The van der Waals surface area contributed by atoms with Crippen molar-refractivity contribution in [1.82, 2.24) is 0 Å². The van der Waals surface area contributed by atoms with E-state index < -0.39 is 6.10 Å². The number of hydrogen-bond donors (Lipinski definition) is 0. The van der Waals surface area contributed by atoms with Gasteiger partial charge in [0.1, 0.15) is 13.2 Å². The van der Waals surface area contributed by atoms with E-state index in [-0.39, 0.29) is 37.5 Å². The van der Waals surface area contributed by atoms with Crippen LogP contribution in [0.1, 0.15) is 297 Å². The Morgan fingerprint density at radius 1 is 0.303 bits per heavy atom. The van der Waals surface area contributed by atoms with Crippen molar-refractivity contribution < 1.29 is 28.6 Å². The summed E-state index contributed by atoms with van der Waals surface area (Å²) < 4.78 is 16.8. The van der Waals surface area contributed by atoms with E-state index in [4.69, 9.17) is 14.2 Å². The molecule has 1 unspecified atom stereocenters. The highest BCUT2D eigenvalue weighted by molar-refractivity contribution is 5.71. The molecule has 0 saturated carbocycles. The van der Waals surface area contributed by atoms with Gasteiger partial charge < -0.3 is 14.2 Å². The number of esters is 3. The summed E-state index contributed by atoms with van der Waals surface area (Å²) in [6, 6.07) is 0. The highest BCUT2D eigenvalue weighted by Crippen LogP contribution is 2.16. The standard InChI is InChI=1S/C60H108O6/c1-4-7-10-13-16-19-22-25-27-29-31-32-35-38-41-44-47-50-53-59(62)65-56-57(55-64-58(61)52-49-46-43-40-37-34-24-21-18-15-12-9-6-3)66-60(63)54-51-48-45-42-39-36-33-30-28-26-23-20-17-14-11-8-5-2/h26,28,33-34,36-37,42,45,57H,4-25,27,29-32,35,38-41,43-44,46-56H2,1-3H3/b28-26-,36-33-,37-34-,45-42-. The van der Waals surface area contributed by atoms with Gasteiger partial charge in [-0.05, 0) is 77.0 Å². The molecule has 0 radical (unpaired) electrons. The fourth-order valence-electron chi connectivity index (χ4n) is 8.22. The molecule has 6 heteroatoms. The SMILES string of the molecule is CCCCCCCC/C=C\C/C=C\C/C=C\CCCC(=O)OC(COC(=O)CCCCC/C=C\CCCCCCCC)COC(=O)CCCCCCCCCCCCCCCCCCCC. The zero-order valence-corrected chi connectivity index (χ0v) is 44.0. The highest BCUT2D eigenvalue weighted by atomic mass is 16.6. The molecule has 0 rings (SSSR count). The van der Waals surface area contributed by atoms with Gasteiger partial charge in [-0.25, -0.2) is 0 Å². The smallest absolute Gasteiger partial charge is 0.306 e. The van der Waals surface area contributed by atoms with Gasteiger partial charge >= 0.3 is 17.9 Å². The Bertz CT molecular complexity index is 1150. The molecule has 0 amide bonds. The minimum absolute atomic E-state index is 0.0948. The molecule has 0 aromatic heterocycles. The normalized spacial score (nSPS) is 12.3. The molecule has 66 heavy (non-hydrogen) atoms. The van der Waals surface area contributed by atoms with E-state index in [1.165, 1.54) is 180 Å². The number of allylic oxidation sites excluding steroid dienone is 8. The van der Waals surface area contributed by atoms with Gasteiger partial charge in [0.25, 0.3) is 0 Å². The lowest BCUT2D eigenvalue weighted by Gasteiger charge is -2.18. The predicted octanol–water partition coefficient (Wildman–Crippen LogP) is 19.0. The molecule has 0 aliphatic heterocycles. The molecule has 0 aliphatic rings. The maximum Gasteiger partial charge on any atom is 0.306 e. The molecule has 0 aliphatic carbocycles. The average molecular weight is 926 g/mol. The van der Waals surface area contributed by atoms with Crippen LogP contribution in [0.2, 0.25) is 0 Å². The molecule has 0 bridgehead atoms. The second kappa shape index (κ2) is 55.0. The molecule has 0 saturated heterocycles. The molecule has 0 spiro atoms. The summed E-state index contributed by atoms with van der Waals surface area (Å²) in [5.74, 6) is -0.951. The van der Waals surface area contributed by atoms with E-state index in [2.05, 4.69) is 69.4 Å². The van der Waals surface area contributed by atoms with Crippen molar-refractivity contribution in [2.75, 3.05) is 13.2 Å². The summed E-state index contributed by atoms with van der Waals surface area (Å²) in [4.78, 5) is 38.1. The zero-order chi connectivity index (χ0) is 47.9. The maximum absolute atomic E-state index is 12.8. The Morgan fingerprint density at radius 2 is 0.561 bits per heavy atom. The molecule has 0 N–H and O–H groups in total. The topological polar surface area (TPSA) is 78.9 Å². The Balaban J connectivity index is 4.42. The monoisotopic (exact) mass is 925 g/mol. The van der Waals surface area contributed by atoms with Crippen LogP contribution in [-0.2, 0) is 28.6 Å². The molecule has 1 atom stereocenters. The highest BCUT2D eigenvalue weighted by Gasteiger charge is 2.19. The van der Waals surface area contributed by atoms with Crippen molar-refractivity contribution >= 4 is 17.9 Å². The number of carbonyl (C=O) groups is 3. The molecule has 384 valence electrons. The summed E-state index contributed by atoms with van der Waals surface area (Å²) in [5, 5.41) is 0. The van der Waals surface area contributed by atoms with Crippen LogP contribution in [0.3, 0.4) is 0 Å². The lowest BCUT2D eigenvalue weighted by molar-refractivity contribution is -0.167. The third-order valence-corrected chi connectivity index (χ3v) is 12.6. The molecular weight excluding hydrogens is 817 g/mol. The van der Waals surface area contributed by atoms with Crippen LogP contribution in [0, 0.1) is 0 Å². The van der Waals surface area contributed by atoms with E-state index in [1.807, 2.05) is 0 Å². The van der Waals surface area contributed by atoms with Crippen molar-refractivity contribution in [3.8, 4) is 0 Å². The van der Waals surface area contributed by atoms with Crippen molar-refractivity contribution in [3.05, 3.63) is 48.6 Å². The largest absolute Gasteiger partial charge is 0.462 e. The van der Waals surface area contributed by atoms with Crippen molar-refractivity contribution in [3.63, 3.8) is 0 Å². The van der Waals surface area contributed by atoms with Gasteiger partial charge in [-0.2, -0.15) is 0 Å². The van der Waals surface area contributed by atoms with Crippen LogP contribution in [0.5, 0.6) is 0 Å². The summed E-state index contributed by atoms with van der Waals surface area (Å²) >= 11 is 0. The molecule has 6 nitrogen and oxygen atoms in total. The minimum atomic E-state index is -0.803. The minimum Gasteiger partial charge on any atom is -0.462 e. The first kappa shape index (κ1) is 63.4. The van der Waals surface area contributed by atoms with Gasteiger partial charge in [-0.1, -0.05) is 249 Å². The molecule has 0 aromatic rings. The van der Waals surface area contributed by atoms with Crippen LogP contribution in [0.15, 0.2) is 48.6 Å². The third-order valence-electron chi connectivity index (χ3n) is 12.6. The van der Waals surface area contributed by atoms with Gasteiger partial charge in [0, 0.05) is 19.3 Å². The van der Waals surface area contributed by atoms with Crippen LogP contribution in [0.4, 0.5) is 0 Å². The van der Waals surface area contributed by atoms with Gasteiger partial charge in [0.15, 0.2) is 6.10 Å². The van der Waals surface area contributed by atoms with E-state index in [1.54, 1.807) is 0 Å². The van der Waals surface area contributed by atoms with Gasteiger partial charge in [-0.3, -0.25) is 14.4 Å². The molecule has 0 heterocycles. The first-order valence-electron chi connectivity index (χ1n) is 28.6. The number of unbranched alkanes of at least 4 members (excludes halogenated alkanes) is 33. The van der Waals surface area contributed by atoms with Crippen molar-refractivity contribution in [2.24, 2.45) is 0 Å². The predicted molar refractivity (Wildman–Crippen MR) is 284 cm³/mol. The van der Waals surface area contributed by atoms with Gasteiger partial charge in [0.2, 0.25) is 0 Å². The summed E-state index contributed by atoms with van der Waals surface area (Å²) in [6.45, 7) is 6.60. The van der Waals surface area contributed by atoms with Crippen LogP contribution < -0.4 is 0 Å². The second-order valence-corrected chi connectivity index (χ2v) is 19.2. The van der Waals surface area contributed by atoms with E-state index in [0.29, 0.717) is 19.3 Å². The third kappa shape index (κ3) is 52.3. The van der Waals surface area contributed by atoms with Crippen LogP contribution >= 0.6 is 0 Å². The Hall–Kier alpha value is -2.63. The average Bonchev–Trinajstić information content (AvgIpc) is 3.31. The summed E-state index contributed by atoms with van der Waals surface area (Å²) in [5.41, 5.74) is 0.